The standard InChI is InChI=1S/C13H24O3/c1-5-8-11(14)13(9-6-2,10-7-3)12(15)16-4/h5-10H2,1-4H3. The largest absolute Gasteiger partial charge is 0.468 e. The Morgan fingerprint density at radius 2 is 1.50 bits per heavy atom. The van der Waals surface area contributed by atoms with Crippen molar-refractivity contribution in [2.24, 2.45) is 5.41 Å². The molecule has 0 bridgehead atoms. The van der Waals surface area contributed by atoms with Crippen LogP contribution in [0.2, 0.25) is 0 Å². The predicted octanol–water partition coefficient (Wildman–Crippen LogP) is 3.12. The van der Waals surface area contributed by atoms with Gasteiger partial charge in [0.25, 0.3) is 0 Å². The van der Waals surface area contributed by atoms with Crippen LogP contribution in [0.4, 0.5) is 0 Å². The molecule has 0 N–H and O–H groups in total. The van der Waals surface area contributed by atoms with Gasteiger partial charge in [-0.1, -0.05) is 33.6 Å². The fraction of sp³-hybridized carbons (Fsp3) is 0.846. The van der Waals surface area contributed by atoms with Crippen molar-refractivity contribution in [3.8, 4) is 0 Å². The molecule has 0 amide bonds. The summed E-state index contributed by atoms with van der Waals surface area (Å²) in [5, 5.41) is 0. The number of methoxy groups -OCH3 is 1. The molecule has 0 radical (unpaired) electrons. The Morgan fingerprint density at radius 3 is 1.81 bits per heavy atom. The Balaban J connectivity index is 5.06. The zero-order valence-electron chi connectivity index (χ0n) is 11.0. The Morgan fingerprint density at radius 1 is 1.00 bits per heavy atom. The average Bonchev–Trinajstić information content (AvgIpc) is 2.27. The van der Waals surface area contributed by atoms with Gasteiger partial charge in [0.1, 0.15) is 11.2 Å². The fourth-order valence-corrected chi connectivity index (χ4v) is 2.24. The van der Waals surface area contributed by atoms with E-state index in [0.29, 0.717) is 19.3 Å². The van der Waals surface area contributed by atoms with Gasteiger partial charge in [0.05, 0.1) is 7.11 Å². The van der Waals surface area contributed by atoms with Gasteiger partial charge in [0, 0.05) is 6.42 Å². The van der Waals surface area contributed by atoms with Gasteiger partial charge in [0.15, 0.2) is 0 Å². The highest BCUT2D eigenvalue weighted by Crippen LogP contribution is 2.34. The Hall–Kier alpha value is -0.860. The highest BCUT2D eigenvalue weighted by Gasteiger charge is 2.44. The molecule has 3 heteroatoms. The molecule has 0 heterocycles. The number of ether oxygens (including phenoxy) is 1. The first kappa shape index (κ1) is 15.1. The molecule has 0 saturated carbocycles. The highest BCUT2D eigenvalue weighted by atomic mass is 16.5. The summed E-state index contributed by atoms with van der Waals surface area (Å²) in [5.41, 5.74) is -0.881. The van der Waals surface area contributed by atoms with Crippen LogP contribution >= 0.6 is 0 Å². The van der Waals surface area contributed by atoms with Gasteiger partial charge >= 0.3 is 5.97 Å². The van der Waals surface area contributed by atoms with Gasteiger partial charge in [-0.05, 0) is 19.3 Å². The van der Waals surface area contributed by atoms with E-state index in [-0.39, 0.29) is 11.8 Å². The van der Waals surface area contributed by atoms with E-state index in [1.165, 1.54) is 7.11 Å². The Labute approximate surface area is 98.6 Å². The molecule has 0 unspecified atom stereocenters. The van der Waals surface area contributed by atoms with E-state index in [1.54, 1.807) is 0 Å². The molecule has 0 aromatic carbocycles. The fourth-order valence-electron chi connectivity index (χ4n) is 2.24. The zero-order chi connectivity index (χ0) is 12.6. The first-order chi connectivity index (χ1) is 7.58. The molecule has 16 heavy (non-hydrogen) atoms. The number of hydrogen-bond donors (Lipinski definition) is 0. The summed E-state index contributed by atoms with van der Waals surface area (Å²) in [6.07, 6.45) is 4.11. The van der Waals surface area contributed by atoms with Crippen LogP contribution in [-0.2, 0) is 14.3 Å². The number of carbonyl (C=O) groups excluding carboxylic acids is 2. The maximum absolute atomic E-state index is 12.1. The van der Waals surface area contributed by atoms with Crippen LogP contribution in [0.1, 0.15) is 59.3 Å². The summed E-state index contributed by atoms with van der Waals surface area (Å²) >= 11 is 0. The molecule has 0 spiro atoms. The zero-order valence-corrected chi connectivity index (χ0v) is 11.0. The Bertz CT molecular complexity index is 227. The third kappa shape index (κ3) is 3.32. The molecule has 0 aliphatic carbocycles. The number of hydrogen-bond acceptors (Lipinski definition) is 3. The molecule has 0 aliphatic heterocycles. The summed E-state index contributed by atoms with van der Waals surface area (Å²) in [7, 11) is 1.36. The van der Waals surface area contributed by atoms with E-state index < -0.39 is 5.41 Å². The number of esters is 1. The smallest absolute Gasteiger partial charge is 0.319 e. The molecule has 3 nitrogen and oxygen atoms in total. The highest BCUT2D eigenvalue weighted by molar-refractivity contribution is 6.03. The molecule has 0 aromatic heterocycles. The molecule has 0 atom stereocenters. The van der Waals surface area contributed by atoms with Crippen LogP contribution < -0.4 is 0 Å². The lowest BCUT2D eigenvalue weighted by Crippen LogP contribution is -2.40. The van der Waals surface area contributed by atoms with Gasteiger partial charge in [-0.2, -0.15) is 0 Å². The number of carbonyl (C=O) groups is 2. The molecule has 0 fully saturated rings. The summed E-state index contributed by atoms with van der Waals surface area (Å²) in [6, 6.07) is 0. The third-order valence-electron chi connectivity index (χ3n) is 2.94. The summed E-state index contributed by atoms with van der Waals surface area (Å²) in [4.78, 5) is 24.0. The minimum absolute atomic E-state index is 0.0468. The van der Waals surface area contributed by atoms with Crippen LogP contribution in [0, 0.1) is 5.41 Å². The monoisotopic (exact) mass is 228 g/mol. The van der Waals surface area contributed by atoms with Crippen LogP contribution in [-0.4, -0.2) is 18.9 Å². The lowest BCUT2D eigenvalue weighted by molar-refractivity contribution is -0.159. The van der Waals surface area contributed by atoms with E-state index in [2.05, 4.69) is 0 Å². The number of ketones is 1. The van der Waals surface area contributed by atoms with Crippen molar-refractivity contribution in [3.63, 3.8) is 0 Å². The maximum Gasteiger partial charge on any atom is 0.319 e. The topological polar surface area (TPSA) is 43.4 Å². The van der Waals surface area contributed by atoms with Crippen LogP contribution in [0.3, 0.4) is 0 Å². The van der Waals surface area contributed by atoms with E-state index in [1.807, 2.05) is 20.8 Å². The van der Waals surface area contributed by atoms with Gasteiger partial charge in [-0.15, -0.1) is 0 Å². The first-order valence-corrected chi connectivity index (χ1v) is 6.20. The van der Waals surface area contributed by atoms with E-state index in [0.717, 1.165) is 19.3 Å². The molecule has 0 saturated heterocycles. The van der Waals surface area contributed by atoms with Crippen LogP contribution in [0.15, 0.2) is 0 Å². The second kappa shape index (κ2) is 7.42. The van der Waals surface area contributed by atoms with Gasteiger partial charge in [0.2, 0.25) is 0 Å². The Kier molecular flexibility index (Phi) is 7.02. The van der Waals surface area contributed by atoms with Crippen molar-refractivity contribution in [1.29, 1.82) is 0 Å². The van der Waals surface area contributed by atoms with Gasteiger partial charge in [-0.25, -0.2) is 0 Å². The van der Waals surface area contributed by atoms with Crippen molar-refractivity contribution in [1.82, 2.24) is 0 Å². The molecular formula is C13H24O3. The second-order valence-corrected chi connectivity index (χ2v) is 4.25. The third-order valence-corrected chi connectivity index (χ3v) is 2.94. The SMILES string of the molecule is CCCC(=O)C(CCC)(CCC)C(=O)OC. The number of Topliss-reactive ketones (excluding diaryl/α,β-unsaturated/α-hetero) is 1. The van der Waals surface area contributed by atoms with Crippen LogP contribution in [0.25, 0.3) is 0 Å². The maximum atomic E-state index is 12.1. The van der Waals surface area contributed by atoms with Crippen molar-refractivity contribution >= 4 is 11.8 Å². The normalized spacial score (nSPS) is 11.2. The van der Waals surface area contributed by atoms with Crippen molar-refractivity contribution in [2.75, 3.05) is 7.11 Å². The summed E-state index contributed by atoms with van der Waals surface area (Å²) < 4.78 is 4.83. The van der Waals surface area contributed by atoms with Gasteiger partial charge in [-0.3, -0.25) is 9.59 Å². The molecule has 0 aromatic rings. The molecule has 0 rings (SSSR count). The van der Waals surface area contributed by atoms with Crippen LogP contribution in [0.5, 0.6) is 0 Å². The average molecular weight is 228 g/mol. The van der Waals surface area contributed by atoms with E-state index in [9.17, 15) is 9.59 Å². The quantitative estimate of drug-likeness (QED) is 0.473. The second-order valence-electron chi connectivity index (χ2n) is 4.25. The van der Waals surface area contributed by atoms with E-state index >= 15 is 0 Å². The van der Waals surface area contributed by atoms with E-state index in [4.69, 9.17) is 4.74 Å². The molecular weight excluding hydrogens is 204 g/mol. The predicted molar refractivity (Wildman–Crippen MR) is 64.2 cm³/mol. The minimum atomic E-state index is -0.881. The molecule has 94 valence electrons. The minimum Gasteiger partial charge on any atom is -0.468 e. The van der Waals surface area contributed by atoms with Crippen molar-refractivity contribution < 1.29 is 14.3 Å². The summed E-state index contributed by atoms with van der Waals surface area (Å²) in [5.74, 6) is -0.305. The molecule has 0 aliphatic rings. The summed E-state index contributed by atoms with van der Waals surface area (Å²) in [6.45, 7) is 5.94. The van der Waals surface area contributed by atoms with Gasteiger partial charge < -0.3 is 4.74 Å². The van der Waals surface area contributed by atoms with Crippen molar-refractivity contribution in [2.45, 2.75) is 59.3 Å². The lowest BCUT2D eigenvalue weighted by atomic mass is 9.74. The number of rotatable bonds is 8. The van der Waals surface area contributed by atoms with Crippen molar-refractivity contribution in [3.05, 3.63) is 0 Å². The first-order valence-electron chi connectivity index (χ1n) is 6.20. The lowest BCUT2D eigenvalue weighted by Gasteiger charge is -2.28.